The second-order valence-corrected chi connectivity index (χ2v) is 6.42. The van der Waals surface area contributed by atoms with Gasteiger partial charge in [0.15, 0.2) is 5.78 Å². The number of benzene rings is 1. The summed E-state index contributed by atoms with van der Waals surface area (Å²) in [7, 11) is -0.651. The van der Waals surface area contributed by atoms with Crippen molar-refractivity contribution in [2.75, 3.05) is 31.1 Å². The Bertz CT molecular complexity index is 451. The Hall–Kier alpha value is -1.07. The third-order valence-corrected chi connectivity index (χ3v) is 4.59. The molecule has 0 bridgehead atoms. The van der Waals surface area contributed by atoms with Crippen LogP contribution in [0.15, 0.2) is 24.3 Å². The quantitative estimate of drug-likeness (QED) is 0.774. The van der Waals surface area contributed by atoms with Crippen LogP contribution in [-0.4, -0.2) is 46.0 Å². The molecular weight excluding hydrogens is 265 g/mol. The van der Waals surface area contributed by atoms with Gasteiger partial charge in [-0.1, -0.05) is 0 Å². The van der Waals surface area contributed by atoms with Crippen LogP contribution in [0.1, 0.15) is 23.2 Å². The molecule has 1 aromatic carbocycles. The van der Waals surface area contributed by atoms with E-state index in [0.29, 0.717) is 12.0 Å². The normalized spacial score (nSPS) is 17.5. The molecule has 1 aliphatic heterocycles. The highest BCUT2D eigenvalue weighted by atomic mass is 32.2. The smallest absolute Gasteiger partial charge is 0.162 e. The first-order chi connectivity index (χ1) is 9.15. The third-order valence-electron chi connectivity index (χ3n) is 3.31. The van der Waals surface area contributed by atoms with E-state index in [9.17, 15) is 13.4 Å². The highest BCUT2D eigenvalue weighted by Gasteiger charge is 2.15. The molecule has 0 aliphatic carbocycles. The zero-order chi connectivity index (χ0) is 13.7. The predicted octanol–water partition coefficient (Wildman–Crippen LogP) is 1.85. The highest BCUT2D eigenvalue weighted by molar-refractivity contribution is 7.85. The summed E-state index contributed by atoms with van der Waals surface area (Å²) in [6, 6.07) is 5.68. The van der Waals surface area contributed by atoms with E-state index in [1.54, 1.807) is 0 Å². The maximum atomic E-state index is 12.7. The Balaban J connectivity index is 1.72. The Morgan fingerprint density at radius 3 is 2.47 bits per heavy atom. The summed E-state index contributed by atoms with van der Waals surface area (Å²) in [4.78, 5) is 14.1. The Morgan fingerprint density at radius 1 is 1.21 bits per heavy atom. The predicted molar refractivity (Wildman–Crippen MR) is 74.3 cm³/mol. The van der Waals surface area contributed by atoms with Crippen molar-refractivity contribution in [3.05, 3.63) is 35.6 Å². The monoisotopic (exact) mass is 283 g/mol. The maximum absolute atomic E-state index is 12.7. The molecule has 19 heavy (non-hydrogen) atoms. The summed E-state index contributed by atoms with van der Waals surface area (Å²) in [5.74, 6) is 1.22. The van der Waals surface area contributed by atoms with Crippen molar-refractivity contribution in [1.29, 1.82) is 0 Å². The molecule has 1 aliphatic rings. The van der Waals surface area contributed by atoms with Crippen LogP contribution < -0.4 is 0 Å². The fraction of sp³-hybridized carbons (Fsp3) is 0.500. The Labute approximate surface area is 115 Å². The van der Waals surface area contributed by atoms with E-state index in [1.807, 2.05) is 0 Å². The summed E-state index contributed by atoms with van der Waals surface area (Å²) < 4.78 is 23.9. The molecule has 2 rings (SSSR count). The molecule has 0 atom stereocenters. The minimum atomic E-state index is -0.651. The number of ketones is 1. The van der Waals surface area contributed by atoms with Crippen LogP contribution in [0.3, 0.4) is 0 Å². The minimum Gasteiger partial charge on any atom is -0.301 e. The number of halogens is 1. The molecule has 0 unspecified atom stereocenters. The van der Waals surface area contributed by atoms with Gasteiger partial charge >= 0.3 is 0 Å². The first kappa shape index (κ1) is 14.3. The van der Waals surface area contributed by atoms with Crippen LogP contribution in [0, 0.1) is 5.82 Å². The molecule has 5 heteroatoms. The number of hydrogen-bond donors (Lipinski definition) is 0. The number of Topliss-reactive ketones (excluding diaryl/α,β-unsaturated/α-hetero) is 1. The lowest BCUT2D eigenvalue weighted by molar-refractivity contribution is 0.0975. The average molecular weight is 283 g/mol. The molecule has 1 aromatic rings. The average Bonchev–Trinajstić information content (AvgIpc) is 2.41. The van der Waals surface area contributed by atoms with Gasteiger partial charge < -0.3 is 4.90 Å². The van der Waals surface area contributed by atoms with Gasteiger partial charge in [0.2, 0.25) is 0 Å². The number of carbonyl (C=O) groups is 1. The van der Waals surface area contributed by atoms with E-state index < -0.39 is 10.8 Å². The summed E-state index contributed by atoms with van der Waals surface area (Å²) in [5, 5.41) is 0. The van der Waals surface area contributed by atoms with E-state index >= 15 is 0 Å². The zero-order valence-corrected chi connectivity index (χ0v) is 11.6. The number of carbonyl (C=O) groups excluding carboxylic acids is 1. The van der Waals surface area contributed by atoms with Crippen molar-refractivity contribution >= 4 is 16.6 Å². The molecule has 1 saturated heterocycles. The van der Waals surface area contributed by atoms with Gasteiger partial charge in [0.25, 0.3) is 0 Å². The molecule has 0 radical (unpaired) electrons. The summed E-state index contributed by atoms with van der Waals surface area (Å²) in [6.07, 6.45) is 1.27. The SMILES string of the molecule is O=C(CCCN1CCS(=O)CC1)c1ccc(F)cc1. The van der Waals surface area contributed by atoms with Crippen molar-refractivity contribution < 1.29 is 13.4 Å². The van der Waals surface area contributed by atoms with Gasteiger partial charge in [0.05, 0.1) is 0 Å². The van der Waals surface area contributed by atoms with E-state index in [2.05, 4.69) is 4.90 Å². The van der Waals surface area contributed by atoms with Crippen molar-refractivity contribution in [3.8, 4) is 0 Å². The van der Waals surface area contributed by atoms with Crippen molar-refractivity contribution in [3.63, 3.8) is 0 Å². The number of hydrogen-bond acceptors (Lipinski definition) is 3. The van der Waals surface area contributed by atoms with E-state index in [-0.39, 0.29) is 11.6 Å². The first-order valence-electron chi connectivity index (χ1n) is 6.51. The van der Waals surface area contributed by atoms with E-state index in [4.69, 9.17) is 0 Å². The van der Waals surface area contributed by atoms with Gasteiger partial charge in [-0.15, -0.1) is 0 Å². The first-order valence-corrected chi connectivity index (χ1v) is 8.00. The van der Waals surface area contributed by atoms with Gasteiger partial charge in [-0.3, -0.25) is 9.00 Å². The Morgan fingerprint density at radius 2 is 1.84 bits per heavy atom. The van der Waals surface area contributed by atoms with Gasteiger partial charge in [-0.05, 0) is 37.2 Å². The molecule has 0 N–H and O–H groups in total. The summed E-state index contributed by atoms with van der Waals surface area (Å²) >= 11 is 0. The third kappa shape index (κ3) is 4.51. The molecule has 0 amide bonds. The van der Waals surface area contributed by atoms with Crippen LogP contribution in [-0.2, 0) is 10.8 Å². The Kier molecular flexibility index (Phi) is 5.22. The van der Waals surface area contributed by atoms with Crippen LogP contribution >= 0.6 is 0 Å². The van der Waals surface area contributed by atoms with Gasteiger partial charge in [0.1, 0.15) is 5.82 Å². The zero-order valence-electron chi connectivity index (χ0n) is 10.8. The standard InChI is InChI=1S/C14H18FNO2S/c15-13-5-3-12(4-6-13)14(17)2-1-7-16-8-10-19(18)11-9-16/h3-6H,1-2,7-11H2. The maximum Gasteiger partial charge on any atom is 0.162 e. The van der Waals surface area contributed by atoms with Gasteiger partial charge in [-0.25, -0.2) is 4.39 Å². The highest BCUT2D eigenvalue weighted by Crippen LogP contribution is 2.09. The molecule has 0 spiro atoms. The van der Waals surface area contributed by atoms with Crippen LogP contribution in [0.5, 0.6) is 0 Å². The van der Waals surface area contributed by atoms with E-state index in [0.717, 1.165) is 37.6 Å². The van der Waals surface area contributed by atoms with Crippen LogP contribution in [0.2, 0.25) is 0 Å². The second kappa shape index (κ2) is 6.91. The number of nitrogens with zero attached hydrogens (tertiary/aromatic N) is 1. The summed E-state index contributed by atoms with van der Waals surface area (Å²) in [5.41, 5.74) is 0.571. The second-order valence-electron chi connectivity index (χ2n) is 4.72. The number of rotatable bonds is 5. The lowest BCUT2D eigenvalue weighted by Crippen LogP contribution is -2.38. The fourth-order valence-electron chi connectivity index (χ4n) is 2.14. The molecule has 0 saturated carbocycles. The molecule has 3 nitrogen and oxygen atoms in total. The molecule has 1 fully saturated rings. The van der Waals surface area contributed by atoms with Crippen molar-refractivity contribution in [1.82, 2.24) is 4.90 Å². The summed E-state index contributed by atoms with van der Waals surface area (Å²) in [6.45, 7) is 2.58. The minimum absolute atomic E-state index is 0.0561. The topological polar surface area (TPSA) is 37.4 Å². The molecule has 1 heterocycles. The van der Waals surface area contributed by atoms with Crippen LogP contribution in [0.4, 0.5) is 4.39 Å². The van der Waals surface area contributed by atoms with Crippen molar-refractivity contribution in [2.45, 2.75) is 12.8 Å². The van der Waals surface area contributed by atoms with Gasteiger partial charge in [0, 0.05) is 47.4 Å². The molecular formula is C14H18FNO2S. The lowest BCUT2D eigenvalue weighted by atomic mass is 10.1. The fourth-order valence-corrected chi connectivity index (χ4v) is 3.27. The van der Waals surface area contributed by atoms with Crippen molar-refractivity contribution in [2.24, 2.45) is 0 Å². The van der Waals surface area contributed by atoms with E-state index in [1.165, 1.54) is 24.3 Å². The molecule has 104 valence electrons. The molecule has 0 aromatic heterocycles. The van der Waals surface area contributed by atoms with Crippen LogP contribution in [0.25, 0.3) is 0 Å². The largest absolute Gasteiger partial charge is 0.301 e. The lowest BCUT2D eigenvalue weighted by Gasteiger charge is -2.25. The van der Waals surface area contributed by atoms with Gasteiger partial charge in [-0.2, -0.15) is 0 Å².